The number of benzene rings is 2. The lowest BCUT2D eigenvalue weighted by Crippen LogP contribution is -2.25. The largest absolute Gasteiger partial charge is 0.573 e. The summed E-state index contributed by atoms with van der Waals surface area (Å²) in [6.07, 6.45) is -4.50. The van der Waals surface area contributed by atoms with E-state index in [1.165, 1.54) is 24.3 Å². The number of guanidine groups is 1. The molecule has 25 heavy (non-hydrogen) atoms. The highest BCUT2D eigenvalue weighted by Crippen LogP contribution is 2.29. The van der Waals surface area contributed by atoms with Crippen LogP contribution < -0.4 is 15.8 Å². The summed E-state index contributed by atoms with van der Waals surface area (Å²) in [4.78, 5) is 3.97. The second-order valence-electron chi connectivity index (χ2n) is 4.78. The molecule has 0 heterocycles. The van der Waals surface area contributed by atoms with E-state index in [1.54, 1.807) is 18.2 Å². The van der Waals surface area contributed by atoms with Gasteiger partial charge < -0.3 is 15.8 Å². The van der Waals surface area contributed by atoms with Gasteiger partial charge >= 0.3 is 6.36 Å². The third-order valence-corrected chi connectivity index (χ3v) is 3.00. The molecular formula is C16H16F4IN3O. The number of para-hydroxylation sites is 2. The summed E-state index contributed by atoms with van der Waals surface area (Å²) >= 11 is 0. The molecule has 0 amide bonds. The van der Waals surface area contributed by atoms with Gasteiger partial charge in [0.05, 0.1) is 5.69 Å². The first-order valence-electron chi connectivity index (χ1n) is 7.00. The monoisotopic (exact) mass is 469 g/mol. The van der Waals surface area contributed by atoms with Gasteiger partial charge in [-0.25, -0.2) is 4.39 Å². The molecule has 0 atom stereocenters. The van der Waals surface area contributed by atoms with E-state index >= 15 is 0 Å². The van der Waals surface area contributed by atoms with Crippen molar-refractivity contribution < 1.29 is 22.3 Å². The number of rotatable bonds is 5. The summed E-state index contributed by atoms with van der Waals surface area (Å²) in [6.45, 7) is 0.183. The van der Waals surface area contributed by atoms with Crippen LogP contribution in [-0.4, -0.2) is 18.9 Å². The minimum absolute atomic E-state index is 0. The highest BCUT2D eigenvalue weighted by atomic mass is 127. The zero-order chi connectivity index (χ0) is 17.6. The standard InChI is InChI=1S/C16H15F4N3O.HI/c17-12-6-2-1-5-11(12)9-10-22-15(21)23-13-7-3-4-8-14(13)24-16(18,19)20;/h1-8H,9-10H2,(H3,21,22,23);1H. The molecular weight excluding hydrogens is 453 g/mol. The summed E-state index contributed by atoms with van der Waals surface area (Å²) in [7, 11) is 0. The van der Waals surface area contributed by atoms with Gasteiger partial charge in [0.15, 0.2) is 11.7 Å². The number of nitrogens with zero attached hydrogens (tertiary/aromatic N) is 1. The smallest absolute Gasteiger partial charge is 0.404 e. The maximum atomic E-state index is 13.5. The van der Waals surface area contributed by atoms with Crippen LogP contribution in [0.5, 0.6) is 5.75 Å². The third kappa shape index (κ3) is 7.16. The van der Waals surface area contributed by atoms with Crippen LogP contribution in [-0.2, 0) is 6.42 Å². The Balaban J connectivity index is 0.00000312. The van der Waals surface area contributed by atoms with Gasteiger partial charge in [0.1, 0.15) is 5.82 Å². The minimum Gasteiger partial charge on any atom is -0.404 e. The highest BCUT2D eigenvalue weighted by molar-refractivity contribution is 14.0. The number of nitrogens with one attached hydrogen (secondary N) is 1. The van der Waals surface area contributed by atoms with Crippen LogP contribution in [0.4, 0.5) is 23.2 Å². The zero-order valence-corrected chi connectivity index (χ0v) is 15.2. The van der Waals surface area contributed by atoms with Crippen LogP contribution in [0.25, 0.3) is 0 Å². The molecule has 0 bridgehead atoms. The van der Waals surface area contributed by atoms with Gasteiger partial charge in [-0.1, -0.05) is 30.3 Å². The second-order valence-corrected chi connectivity index (χ2v) is 4.78. The van der Waals surface area contributed by atoms with Crippen molar-refractivity contribution in [2.24, 2.45) is 10.7 Å². The molecule has 0 fully saturated rings. The molecule has 0 saturated heterocycles. The highest BCUT2D eigenvalue weighted by Gasteiger charge is 2.32. The first-order chi connectivity index (χ1) is 11.3. The summed E-state index contributed by atoms with van der Waals surface area (Å²) in [5, 5.41) is 2.54. The van der Waals surface area contributed by atoms with Crippen LogP contribution >= 0.6 is 24.0 Å². The van der Waals surface area contributed by atoms with E-state index < -0.39 is 12.1 Å². The van der Waals surface area contributed by atoms with Crippen LogP contribution in [0.1, 0.15) is 5.56 Å². The Kier molecular flexibility index (Phi) is 7.94. The van der Waals surface area contributed by atoms with E-state index in [0.29, 0.717) is 12.0 Å². The van der Waals surface area contributed by atoms with Gasteiger partial charge in [-0.2, -0.15) is 0 Å². The van der Waals surface area contributed by atoms with Gasteiger partial charge in [0.2, 0.25) is 0 Å². The van der Waals surface area contributed by atoms with Gasteiger partial charge in [-0.05, 0) is 30.2 Å². The molecule has 0 unspecified atom stereocenters. The summed E-state index contributed by atoms with van der Waals surface area (Å²) in [5.74, 6) is -0.857. The maximum absolute atomic E-state index is 13.5. The molecule has 2 rings (SSSR count). The van der Waals surface area contributed by atoms with Crippen molar-refractivity contribution >= 4 is 35.6 Å². The Morgan fingerprint density at radius 1 is 1.08 bits per heavy atom. The van der Waals surface area contributed by atoms with Crippen LogP contribution in [0.15, 0.2) is 53.5 Å². The lowest BCUT2D eigenvalue weighted by atomic mass is 10.1. The number of hydrogen-bond acceptors (Lipinski definition) is 2. The summed E-state index contributed by atoms with van der Waals surface area (Å²) < 4.78 is 54.4. The Morgan fingerprint density at radius 2 is 1.72 bits per heavy atom. The third-order valence-electron chi connectivity index (χ3n) is 3.00. The number of hydrogen-bond donors (Lipinski definition) is 2. The molecule has 2 aromatic rings. The molecule has 0 radical (unpaired) electrons. The molecule has 0 aliphatic rings. The molecule has 9 heteroatoms. The number of ether oxygens (including phenoxy) is 1. The fourth-order valence-electron chi connectivity index (χ4n) is 1.96. The SMILES string of the molecule is I.NC(=NCCc1ccccc1F)Nc1ccccc1OC(F)(F)F. The fraction of sp³-hybridized carbons (Fsp3) is 0.188. The van der Waals surface area contributed by atoms with Crippen molar-refractivity contribution in [1.29, 1.82) is 0 Å². The molecule has 0 aliphatic carbocycles. The van der Waals surface area contributed by atoms with Crippen molar-refractivity contribution in [1.82, 2.24) is 0 Å². The molecule has 0 aliphatic heterocycles. The quantitative estimate of drug-likeness (QED) is 0.297. The lowest BCUT2D eigenvalue weighted by Gasteiger charge is -2.14. The molecule has 3 N–H and O–H groups in total. The number of alkyl halides is 3. The van der Waals surface area contributed by atoms with Gasteiger partial charge in [-0.15, -0.1) is 37.1 Å². The van der Waals surface area contributed by atoms with Crippen LogP contribution in [0, 0.1) is 5.82 Å². The second kappa shape index (κ2) is 9.44. The topological polar surface area (TPSA) is 59.6 Å². The van der Waals surface area contributed by atoms with Crippen molar-refractivity contribution in [3.05, 3.63) is 59.9 Å². The van der Waals surface area contributed by atoms with Crippen molar-refractivity contribution in [3.8, 4) is 5.75 Å². The van der Waals surface area contributed by atoms with Gasteiger partial charge in [-0.3, -0.25) is 4.99 Å². The number of aliphatic imine (C=N–C) groups is 1. The summed E-state index contributed by atoms with van der Waals surface area (Å²) in [5.41, 5.74) is 6.16. The molecule has 0 saturated carbocycles. The first-order valence-corrected chi connectivity index (χ1v) is 7.00. The Hall–Kier alpha value is -2.04. The molecule has 0 spiro atoms. The number of anilines is 1. The van der Waals surface area contributed by atoms with Crippen LogP contribution in [0.3, 0.4) is 0 Å². The van der Waals surface area contributed by atoms with Crippen molar-refractivity contribution in [2.45, 2.75) is 12.8 Å². The number of halogens is 5. The molecule has 136 valence electrons. The Labute approximate surface area is 159 Å². The van der Waals surface area contributed by atoms with Gasteiger partial charge in [0.25, 0.3) is 0 Å². The van der Waals surface area contributed by atoms with Crippen molar-refractivity contribution in [2.75, 3.05) is 11.9 Å². The molecule has 2 aromatic carbocycles. The maximum Gasteiger partial charge on any atom is 0.573 e. The van der Waals surface area contributed by atoms with E-state index in [9.17, 15) is 17.6 Å². The number of nitrogens with two attached hydrogens (primary N) is 1. The van der Waals surface area contributed by atoms with Crippen LogP contribution in [0.2, 0.25) is 0 Å². The Morgan fingerprint density at radius 3 is 2.40 bits per heavy atom. The van der Waals surface area contributed by atoms with E-state index in [4.69, 9.17) is 5.73 Å². The lowest BCUT2D eigenvalue weighted by molar-refractivity contribution is -0.274. The zero-order valence-electron chi connectivity index (χ0n) is 12.9. The molecule has 0 aromatic heterocycles. The normalized spacial score (nSPS) is 11.6. The average Bonchev–Trinajstić information content (AvgIpc) is 2.50. The van der Waals surface area contributed by atoms with E-state index in [2.05, 4.69) is 15.0 Å². The minimum atomic E-state index is -4.81. The van der Waals surface area contributed by atoms with Gasteiger partial charge in [0, 0.05) is 6.54 Å². The predicted octanol–water partition coefficient (Wildman–Crippen LogP) is 4.31. The van der Waals surface area contributed by atoms with E-state index in [-0.39, 0.29) is 48.0 Å². The first kappa shape index (κ1) is 21.0. The average molecular weight is 469 g/mol. The van der Waals surface area contributed by atoms with E-state index in [1.807, 2.05) is 0 Å². The fourth-order valence-corrected chi connectivity index (χ4v) is 1.96. The van der Waals surface area contributed by atoms with Crippen molar-refractivity contribution in [3.63, 3.8) is 0 Å². The summed E-state index contributed by atoms with van der Waals surface area (Å²) in [6, 6.07) is 11.7. The molecule has 4 nitrogen and oxygen atoms in total. The van der Waals surface area contributed by atoms with E-state index in [0.717, 1.165) is 6.07 Å². The Bertz CT molecular complexity index is 723. The predicted molar refractivity (Wildman–Crippen MR) is 98.8 cm³/mol.